The van der Waals surface area contributed by atoms with Gasteiger partial charge in [-0.05, 0) is 90.3 Å². The zero-order valence-corrected chi connectivity index (χ0v) is 21.2. The van der Waals surface area contributed by atoms with Gasteiger partial charge in [-0.25, -0.2) is 0 Å². The zero-order valence-electron chi connectivity index (χ0n) is 21.2. The van der Waals surface area contributed by atoms with E-state index in [-0.39, 0.29) is 6.04 Å². The predicted octanol–water partition coefficient (Wildman–Crippen LogP) is 7.52. The lowest BCUT2D eigenvalue weighted by atomic mass is 9.93. The summed E-state index contributed by atoms with van der Waals surface area (Å²) in [5.41, 5.74) is 9.04. The minimum Gasteiger partial charge on any atom is -0.497 e. The van der Waals surface area contributed by atoms with Crippen molar-refractivity contribution in [1.82, 2.24) is 4.98 Å². The Morgan fingerprint density at radius 1 is 0.784 bits per heavy atom. The molecule has 0 saturated carbocycles. The number of nitrogens with one attached hydrogen (secondary N) is 1. The Labute approximate surface area is 217 Å². The standard InChI is InChI=1S/C32H29N3O2/c1-21-7-6-8-24(19-21)35-30(20-29(34-35)22-11-15-25(36-2)16-12-22)31-27-9-4-5-10-28(27)33-32(31)23-13-17-26(37-3)18-14-23/h4-19,30,33H,20H2,1-3H3. The third-order valence-corrected chi connectivity index (χ3v) is 7.06. The maximum Gasteiger partial charge on any atom is 0.118 e. The fourth-order valence-corrected chi connectivity index (χ4v) is 5.20. The van der Waals surface area contributed by atoms with E-state index >= 15 is 0 Å². The average Bonchev–Trinajstić information content (AvgIpc) is 3.55. The minimum absolute atomic E-state index is 0.0205. The lowest BCUT2D eigenvalue weighted by Crippen LogP contribution is -2.19. The molecule has 0 bridgehead atoms. The topological polar surface area (TPSA) is 49.9 Å². The van der Waals surface area contributed by atoms with Gasteiger partial charge in [0.2, 0.25) is 0 Å². The number of rotatable bonds is 6. The molecule has 5 aromatic rings. The van der Waals surface area contributed by atoms with Gasteiger partial charge in [-0.1, -0.05) is 30.3 Å². The van der Waals surface area contributed by atoms with E-state index in [9.17, 15) is 0 Å². The van der Waals surface area contributed by atoms with Crippen LogP contribution in [0.1, 0.15) is 29.2 Å². The summed E-state index contributed by atoms with van der Waals surface area (Å²) in [5, 5.41) is 8.61. The molecule has 0 spiro atoms. The highest BCUT2D eigenvalue weighted by atomic mass is 16.5. The third-order valence-electron chi connectivity index (χ3n) is 7.06. The number of aromatic amines is 1. The van der Waals surface area contributed by atoms with Crippen molar-refractivity contribution in [3.05, 3.63) is 114 Å². The minimum atomic E-state index is 0.0205. The summed E-state index contributed by atoms with van der Waals surface area (Å²) < 4.78 is 10.8. The molecule has 184 valence electrons. The van der Waals surface area contributed by atoms with E-state index in [1.165, 1.54) is 16.5 Å². The molecule has 1 aliphatic heterocycles. The third kappa shape index (κ3) is 4.23. The van der Waals surface area contributed by atoms with Crippen molar-refractivity contribution < 1.29 is 9.47 Å². The molecule has 0 fully saturated rings. The van der Waals surface area contributed by atoms with Gasteiger partial charge in [0.25, 0.3) is 0 Å². The highest BCUT2D eigenvalue weighted by Gasteiger charge is 2.34. The number of nitrogens with zero attached hydrogens (tertiary/aromatic N) is 2. The van der Waals surface area contributed by atoms with Crippen molar-refractivity contribution in [3.8, 4) is 22.8 Å². The number of ether oxygens (including phenoxy) is 2. The molecule has 5 heteroatoms. The molecular weight excluding hydrogens is 458 g/mol. The highest BCUT2D eigenvalue weighted by molar-refractivity contribution is 6.04. The summed E-state index contributed by atoms with van der Waals surface area (Å²) in [5.74, 6) is 1.68. The van der Waals surface area contributed by atoms with Crippen LogP contribution in [0.5, 0.6) is 11.5 Å². The summed E-state index contributed by atoms with van der Waals surface area (Å²) in [4.78, 5) is 3.71. The molecule has 2 heterocycles. The first kappa shape index (κ1) is 22.9. The van der Waals surface area contributed by atoms with Gasteiger partial charge >= 0.3 is 0 Å². The fourth-order valence-electron chi connectivity index (χ4n) is 5.20. The molecule has 0 radical (unpaired) electrons. The molecule has 1 aliphatic rings. The quantitative estimate of drug-likeness (QED) is 0.269. The summed E-state index contributed by atoms with van der Waals surface area (Å²) >= 11 is 0. The molecule has 0 amide bonds. The fraction of sp³-hybridized carbons (Fsp3) is 0.156. The molecule has 0 saturated heterocycles. The summed E-state index contributed by atoms with van der Waals surface area (Å²) in [7, 11) is 3.38. The van der Waals surface area contributed by atoms with Crippen molar-refractivity contribution in [2.45, 2.75) is 19.4 Å². The van der Waals surface area contributed by atoms with Crippen molar-refractivity contribution in [2.75, 3.05) is 19.2 Å². The monoisotopic (exact) mass is 487 g/mol. The number of hydrogen-bond donors (Lipinski definition) is 1. The van der Waals surface area contributed by atoms with E-state index in [0.717, 1.165) is 51.7 Å². The smallest absolute Gasteiger partial charge is 0.118 e. The van der Waals surface area contributed by atoms with Crippen molar-refractivity contribution in [3.63, 3.8) is 0 Å². The number of H-pyrrole nitrogens is 1. The Morgan fingerprint density at radius 3 is 2.14 bits per heavy atom. The van der Waals surface area contributed by atoms with Crippen molar-refractivity contribution in [1.29, 1.82) is 0 Å². The summed E-state index contributed by atoms with van der Waals surface area (Å²) in [6, 6.07) is 33.5. The van der Waals surface area contributed by atoms with Gasteiger partial charge in [0.15, 0.2) is 0 Å². The SMILES string of the molecule is COc1ccc(C2=NN(c3cccc(C)c3)C(c3c(-c4ccc(OC)cc4)[nH]c4ccccc34)C2)cc1. The zero-order chi connectivity index (χ0) is 25.4. The second-order valence-corrected chi connectivity index (χ2v) is 9.37. The maximum absolute atomic E-state index is 5.41. The highest BCUT2D eigenvalue weighted by Crippen LogP contribution is 2.44. The Balaban J connectivity index is 1.52. The van der Waals surface area contributed by atoms with E-state index < -0.39 is 0 Å². The van der Waals surface area contributed by atoms with E-state index in [1.807, 2.05) is 24.3 Å². The van der Waals surface area contributed by atoms with Gasteiger partial charge < -0.3 is 14.5 Å². The van der Waals surface area contributed by atoms with Crippen LogP contribution >= 0.6 is 0 Å². The van der Waals surface area contributed by atoms with E-state index in [4.69, 9.17) is 14.6 Å². The van der Waals surface area contributed by atoms with Crippen molar-refractivity contribution >= 4 is 22.3 Å². The molecule has 1 N–H and O–H groups in total. The van der Waals surface area contributed by atoms with Crippen molar-refractivity contribution in [2.24, 2.45) is 5.10 Å². The van der Waals surface area contributed by atoms with Crippen LogP contribution < -0.4 is 14.5 Å². The van der Waals surface area contributed by atoms with Crippen LogP contribution in [0.2, 0.25) is 0 Å². The van der Waals surface area contributed by atoms with Crippen LogP contribution in [0.25, 0.3) is 22.2 Å². The molecule has 37 heavy (non-hydrogen) atoms. The second kappa shape index (κ2) is 9.51. The summed E-state index contributed by atoms with van der Waals surface area (Å²) in [6.07, 6.45) is 0.783. The average molecular weight is 488 g/mol. The van der Waals surface area contributed by atoms with Crippen LogP contribution in [-0.4, -0.2) is 24.9 Å². The lowest BCUT2D eigenvalue weighted by Gasteiger charge is -2.25. The lowest BCUT2D eigenvalue weighted by molar-refractivity contribution is 0.414. The molecule has 4 aromatic carbocycles. The predicted molar refractivity (Wildman–Crippen MR) is 151 cm³/mol. The van der Waals surface area contributed by atoms with Gasteiger partial charge in [-0.3, -0.25) is 5.01 Å². The van der Waals surface area contributed by atoms with Gasteiger partial charge in [-0.15, -0.1) is 0 Å². The number of anilines is 1. The van der Waals surface area contributed by atoms with Crippen LogP contribution in [0, 0.1) is 6.92 Å². The van der Waals surface area contributed by atoms with Crippen LogP contribution in [0.15, 0.2) is 102 Å². The van der Waals surface area contributed by atoms with Gasteiger partial charge in [0.05, 0.1) is 37.4 Å². The first-order valence-electron chi connectivity index (χ1n) is 12.5. The molecule has 1 atom stereocenters. The number of aromatic nitrogens is 1. The number of aryl methyl sites for hydroxylation is 1. The largest absolute Gasteiger partial charge is 0.497 e. The summed E-state index contributed by atoms with van der Waals surface area (Å²) in [6.45, 7) is 2.12. The van der Waals surface area contributed by atoms with E-state index in [0.29, 0.717) is 0 Å². The number of para-hydroxylation sites is 1. The molecule has 0 aliphatic carbocycles. The number of hydrogen-bond acceptors (Lipinski definition) is 4. The molecule has 1 aromatic heterocycles. The number of benzene rings is 4. The normalized spacial score (nSPS) is 15.2. The van der Waals surface area contributed by atoms with E-state index in [2.05, 4.69) is 89.7 Å². The number of hydrazone groups is 1. The Hall–Kier alpha value is -4.51. The van der Waals surface area contributed by atoms with E-state index in [1.54, 1.807) is 14.2 Å². The van der Waals surface area contributed by atoms with Crippen LogP contribution in [0.4, 0.5) is 5.69 Å². The first-order valence-corrected chi connectivity index (χ1v) is 12.5. The molecule has 5 nitrogen and oxygen atoms in total. The maximum atomic E-state index is 5.41. The Bertz CT molecular complexity index is 1580. The molecule has 6 rings (SSSR count). The number of methoxy groups -OCH3 is 2. The van der Waals surface area contributed by atoms with Gasteiger partial charge in [0, 0.05) is 22.9 Å². The second-order valence-electron chi connectivity index (χ2n) is 9.37. The van der Waals surface area contributed by atoms with Crippen LogP contribution in [0.3, 0.4) is 0 Å². The Morgan fingerprint density at radius 2 is 1.46 bits per heavy atom. The Kier molecular flexibility index (Phi) is 5.89. The number of fused-ring (bicyclic) bond motifs is 1. The molecule has 1 unspecified atom stereocenters. The van der Waals surface area contributed by atoms with Crippen LogP contribution in [-0.2, 0) is 0 Å². The first-order chi connectivity index (χ1) is 18.1. The molecular formula is C32H29N3O2. The van der Waals surface area contributed by atoms with Gasteiger partial charge in [-0.2, -0.15) is 5.10 Å². The van der Waals surface area contributed by atoms with Gasteiger partial charge in [0.1, 0.15) is 11.5 Å².